The van der Waals surface area contributed by atoms with Gasteiger partial charge in [-0.05, 0) is 87.1 Å². The van der Waals surface area contributed by atoms with Gasteiger partial charge in [-0.3, -0.25) is 9.59 Å². The Kier molecular flexibility index (Phi) is 11.0. The number of ether oxygens (including phenoxy) is 1. The van der Waals surface area contributed by atoms with Gasteiger partial charge in [0.1, 0.15) is 11.4 Å². The third-order valence-corrected chi connectivity index (χ3v) is 7.34. The fraction of sp³-hybridized carbons (Fsp3) is 0.351. The number of amides is 1. The Morgan fingerprint density at radius 1 is 0.867 bits per heavy atom. The maximum atomic E-state index is 14.2. The van der Waals surface area contributed by atoms with E-state index in [1.807, 2.05) is 79.1 Å². The molecule has 0 radical (unpaired) electrons. The minimum absolute atomic E-state index is 0.0176. The van der Waals surface area contributed by atoms with Crippen LogP contribution < -0.4 is 5.32 Å². The van der Waals surface area contributed by atoms with Crippen LogP contribution in [0.4, 0.5) is 10.1 Å². The monoisotopic (exact) mass is 614 g/mol. The topological polar surface area (TPSA) is 101 Å². The standard InChI is InChI=1S/C37H43FN2O5/c1-24(2)34-33(36(44)39-28-14-10-7-11-15-28)32(25-12-8-6-9-13-25)35(26-16-18-27(38)19-17-26)40(34)21-20-29(41)22-30(42)23-31(43)45-37(3,4)5/h6-19,24,29-30,41-42H,20-23H2,1-5H3,(H,39,44)/t29-,30+/m0/s1. The average Bonchev–Trinajstić information content (AvgIpc) is 3.32. The van der Waals surface area contributed by atoms with Crippen molar-refractivity contribution in [3.05, 3.63) is 102 Å². The van der Waals surface area contributed by atoms with Gasteiger partial charge in [-0.25, -0.2) is 4.39 Å². The second-order valence-corrected chi connectivity index (χ2v) is 12.6. The number of para-hydroxylation sites is 1. The predicted molar refractivity (Wildman–Crippen MR) is 175 cm³/mol. The number of aromatic nitrogens is 1. The number of rotatable bonds is 12. The summed E-state index contributed by atoms with van der Waals surface area (Å²) >= 11 is 0. The third kappa shape index (κ3) is 8.90. The molecule has 2 atom stereocenters. The number of aliphatic hydroxyl groups is 2. The van der Waals surface area contributed by atoms with E-state index < -0.39 is 23.8 Å². The van der Waals surface area contributed by atoms with Crippen LogP contribution in [-0.4, -0.2) is 44.5 Å². The molecule has 7 nitrogen and oxygen atoms in total. The van der Waals surface area contributed by atoms with Crippen LogP contribution in [0.25, 0.3) is 22.4 Å². The van der Waals surface area contributed by atoms with Crippen LogP contribution >= 0.6 is 0 Å². The molecule has 1 amide bonds. The van der Waals surface area contributed by atoms with E-state index in [0.29, 0.717) is 23.4 Å². The van der Waals surface area contributed by atoms with Gasteiger partial charge in [0.05, 0.1) is 29.9 Å². The molecule has 0 saturated heterocycles. The van der Waals surface area contributed by atoms with Crippen LogP contribution in [0.5, 0.6) is 0 Å². The number of hydrogen-bond donors (Lipinski definition) is 3. The molecule has 45 heavy (non-hydrogen) atoms. The summed E-state index contributed by atoms with van der Waals surface area (Å²) in [5.41, 5.74) is 4.22. The van der Waals surface area contributed by atoms with E-state index >= 15 is 0 Å². The average molecular weight is 615 g/mol. The highest BCUT2D eigenvalue weighted by Gasteiger charge is 2.31. The van der Waals surface area contributed by atoms with Crippen LogP contribution in [0.2, 0.25) is 0 Å². The molecule has 1 aromatic heterocycles. The van der Waals surface area contributed by atoms with Crippen molar-refractivity contribution >= 4 is 17.6 Å². The fourth-order valence-electron chi connectivity index (χ4n) is 5.58. The summed E-state index contributed by atoms with van der Waals surface area (Å²) in [6.45, 7) is 9.59. The Bertz CT molecular complexity index is 1580. The van der Waals surface area contributed by atoms with Gasteiger partial charge in [-0.15, -0.1) is 0 Å². The largest absolute Gasteiger partial charge is 0.460 e. The molecule has 0 unspecified atom stereocenters. The van der Waals surface area contributed by atoms with Crippen molar-refractivity contribution in [2.24, 2.45) is 0 Å². The maximum absolute atomic E-state index is 14.2. The van der Waals surface area contributed by atoms with E-state index in [2.05, 4.69) is 5.32 Å². The molecule has 238 valence electrons. The van der Waals surface area contributed by atoms with Gasteiger partial charge in [0.25, 0.3) is 5.91 Å². The SMILES string of the molecule is CC(C)c1c(C(=O)Nc2ccccc2)c(-c2ccccc2)c(-c2ccc(F)cc2)n1CC[C@H](O)C[C@@H](O)CC(=O)OC(C)(C)C. The number of carbonyl (C=O) groups is 2. The fourth-order valence-corrected chi connectivity index (χ4v) is 5.58. The first kappa shape index (κ1) is 33.6. The normalized spacial score (nSPS) is 13.0. The van der Waals surface area contributed by atoms with Crippen LogP contribution in [0, 0.1) is 5.82 Å². The third-order valence-electron chi connectivity index (χ3n) is 7.34. The van der Waals surface area contributed by atoms with Crippen molar-refractivity contribution in [3.63, 3.8) is 0 Å². The maximum Gasteiger partial charge on any atom is 0.308 e. The summed E-state index contributed by atoms with van der Waals surface area (Å²) in [6, 6.07) is 25.0. The molecule has 4 rings (SSSR count). The first-order chi connectivity index (χ1) is 21.3. The van der Waals surface area contributed by atoms with Crippen LogP contribution in [0.1, 0.15) is 75.9 Å². The zero-order valence-electron chi connectivity index (χ0n) is 26.6. The number of hydrogen-bond acceptors (Lipinski definition) is 5. The van der Waals surface area contributed by atoms with Crippen molar-refractivity contribution in [2.45, 2.75) is 84.2 Å². The molecule has 0 spiro atoms. The van der Waals surface area contributed by atoms with Gasteiger partial charge >= 0.3 is 5.97 Å². The number of esters is 1. The lowest BCUT2D eigenvalue weighted by Gasteiger charge is -2.22. The first-order valence-corrected chi connectivity index (χ1v) is 15.4. The van der Waals surface area contributed by atoms with Crippen molar-refractivity contribution in [2.75, 3.05) is 5.32 Å². The summed E-state index contributed by atoms with van der Waals surface area (Å²) in [7, 11) is 0. The molecular weight excluding hydrogens is 571 g/mol. The van der Waals surface area contributed by atoms with E-state index in [4.69, 9.17) is 4.74 Å². The lowest BCUT2D eigenvalue weighted by Crippen LogP contribution is -2.28. The second kappa shape index (κ2) is 14.7. The Morgan fingerprint density at radius 2 is 1.47 bits per heavy atom. The number of carbonyl (C=O) groups excluding carboxylic acids is 2. The lowest BCUT2D eigenvalue weighted by molar-refractivity contribution is -0.157. The van der Waals surface area contributed by atoms with Crippen LogP contribution in [-0.2, 0) is 16.1 Å². The molecule has 0 saturated carbocycles. The van der Waals surface area contributed by atoms with Gasteiger partial charge in [0, 0.05) is 23.5 Å². The van der Waals surface area contributed by atoms with Gasteiger partial charge in [0.2, 0.25) is 0 Å². The van der Waals surface area contributed by atoms with E-state index in [9.17, 15) is 24.2 Å². The van der Waals surface area contributed by atoms with Crippen molar-refractivity contribution in [1.29, 1.82) is 0 Å². The molecule has 1 heterocycles. The Morgan fingerprint density at radius 3 is 2.04 bits per heavy atom. The zero-order chi connectivity index (χ0) is 32.7. The summed E-state index contributed by atoms with van der Waals surface area (Å²) in [6.07, 6.45) is -2.02. The van der Waals surface area contributed by atoms with Gasteiger partial charge in [0.15, 0.2) is 0 Å². The number of benzene rings is 3. The first-order valence-electron chi connectivity index (χ1n) is 15.4. The minimum Gasteiger partial charge on any atom is -0.460 e. The molecule has 8 heteroatoms. The smallest absolute Gasteiger partial charge is 0.308 e. The Labute approximate surface area is 264 Å². The molecular formula is C37H43FN2O5. The number of aliphatic hydroxyl groups excluding tert-OH is 2. The molecule has 0 aliphatic rings. The molecule has 3 N–H and O–H groups in total. The summed E-state index contributed by atoms with van der Waals surface area (Å²) in [5.74, 6) is -1.29. The van der Waals surface area contributed by atoms with Crippen LogP contribution in [0.3, 0.4) is 0 Å². The molecule has 0 bridgehead atoms. The summed E-state index contributed by atoms with van der Waals surface area (Å²) < 4.78 is 21.4. The molecule has 4 aromatic rings. The van der Waals surface area contributed by atoms with Crippen molar-refractivity contribution < 1.29 is 28.9 Å². The highest BCUT2D eigenvalue weighted by Crippen LogP contribution is 2.42. The van der Waals surface area contributed by atoms with E-state index in [1.54, 1.807) is 32.9 Å². The number of nitrogens with zero attached hydrogens (tertiary/aromatic N) is 1. The number of nitrogens with one attached hydrogen (secondary N) is 1. The van der Waals surface area contributed by atoms with Crippen molar-refractivity contribution in [1.82, 2.24) is 4.57 Å². The summed E-state index contributed by atoms with van der Waals surface area (Å²) in [4.78, 5) is 26.4. The molecule has 3 aromatic carbocycles. The predicted octanol–water partition coefficient (Wildman–Crippen LogP) is 7.57. The van der Waals surface area contributed by atoms with E-state index in [0.717, 1.165) is 22.5 Å². The Balaban J connectivity index is 1.78. The molecule has 0 aliphatic carbocycles. The molecule has 0 aliphatic heterocycles. The van der Waals surface area contributed by atoms with Crippen molar-refractivity contribution in [3.8, 4) is 22.4 Å². The molecule has 0 fully saturated rings. The van der Waals surface area contributed by atoms with Gasteiger partial charge in [-0.2, -0.15) is 0 Å². The highest BCUT2D eigenvalue weighted by atomic mass is 19.1. The van der Waals surface area contributed by atoms with Gasteiger partial charge in [-0.1, -0.05) is 62.4 Å². The van der Waals surface area contributed by atoms with Crippen LogP contribution in [0.15, 0.2) is 84.9 Å². The zero-order valence-corrected chi connectivity index (χ0v) is 26.6. The quantitative estimate of drug-likeness (QED) is 0.143. The lowest BCUT2D eigenvalue weighted by atomic mass is 9.94. The summed E-state index contributed by atoms with van der Waals surface area (Å²) in [5, 5.41) is 24.6. The van der Waals surface area contributed by atoms with E-state index in [1.165, 1.54) is 12.1 Å². The Hall–Kier alpha value is -4.27. The minimum atomic E-state index is -1.08. The number of anilines is 1. The number of halogens is 1. The van der Waals surface area contributed by atoms with Gasteiger partial charge < -0.3 is 24.8 Å². The highest BCUT2D eigenvalue weighted by molar-refractivity contribution is 6.12. The van der Waals surface area contributed by atoms with E-state index in [-0.39, 0.29) is 36.9 Å². The second-order valence-electron chi connectivity index (χ2n) is 12.6.